The molecule has 0 radical (unpaired) electrons. The Morgan fingerprint density at radius 3 is 2.41 bits per heavy atom. The molecule has 17 heavy (non-hydrogen) atoms. The van der Waals surface area contributed by atoms with Crippen molar-refractivity contribution in [2.24, 2.45) is 0 Å². The van der Waals surface area contributed by atoms with Crippen LogP contribution in [0.1, 0.15) is 5.56 Å². The van der Waals surface area contributed by atoms with E-state index < -0.39 is 0 Å². The molecule has 0 spiro atoms. The number of nitrogens with zero attached hydrogens (tertiary/aromatic N) is 3. The van der Waals surface area contributed by atoms with Gasteiger partial charge in [0.25, 0.3) is 0 Å². The minimum atomic E-state index is 0.0966. The van der Waals surface area contributed by atoms with Crippen LogP contribution >= 0.6 is 0 Å². The summed E-state index contributed by atoms with van der Waals surface area (Å²) in [4.78, 5) is 6.95. The molecule has 2 aromatic rings. The van der Waals surface area contributed by atoms with Gasteiger partial charge in [-0.25, -0.2) is 4.98 Å². The Bertz CT molecular complexity index is 591. The lowest BCUT2D eigenvalue weighted by Crippen LogP contribution is -1.79. The number of H-pyrrole nitrogens is 1. The maximum absolute atomic E-state index is 8.64. The number of hydrogen-bond donors (Lipinski definition) is 1. The molecule has 0 saturated carbocycles. The first-order valence-electron chi connectivity index (χ1n) is 4.94. The van der Waals surface area contributed by atoms with Crippen LogP contribution in [0, 0.1) is 22.7 Å². The zero-order valence-electron chi connectivity index (χ0n) is 8.88. The van der Waals surface area contributed by atoms with Crippen molar-refractivity contribution in [3.8, 4) is 23.4 Å². The number of nitriles is 2. The summed E-state index contributed by atoms with van der Waals surface area (Å²) in [6.07, 6.45) is 4.91. The third-order valence-electron chi connectivity index (χ3n) is 2.27. The van der Waals surface area contributed by atoms with Gasteiger partial charge in [0.1, 0.15) is 17.7 Å². The van der Waals surface area contributed by atoms with E-state index in [1.54, 1.807) is 18.6 Å². The van der Waals surface area contributed by atoms with Crippen LogP contribution in [-0.4, -0.2) is 9.97 Å². The fourth-order valence-electron chi connectivity index (χ4n) is 1.43. The van der Waals surface area contributed by atoms with Gasteiger partial charge in [0.05, 0.1) is 18.2 Å². The van der Waals surface area contributed by atoms with Crippen molar-refractivity contribution in [3.05, 3.63) is 47.9 Å². The molecule has 0 fully saturated rings. The number of hydrogen-bond acceptors (Lipinski definition) is 3. The second kappa shape index (κ2) is 4.78. The average molecular weight is 220 g/mol. The van der Waals surface area contributed by atoms with Gasteiger partial charge in [-0.15, -0.1) is 0 Å². The Morgan fingerprint density at radius 2 is 1.88 bits per heavy atom. The second-order valence-electron chi connectivity index (χ2n) is 3.37. The zero-order chi connectivity index (χ0) is 12.1. The van der Waals surface area contributed by atoms with E-state index in [0.717, 1.165) is 16.8 Å². The van der Waals surface area contributed by atoms with Crippen molar-refractivity contribution in [2.75, 3.05) is 0 Å². The van der Waals surface area contributed by atoms with Crippen LogP contribution in [0.3, 0.4) is 0 Å². The third-order valence-corrected chi connectivity index (χ3v) is 2.27. The van der Waals surface area contributed by atoms with E-state index in [0.29, 0.717) is 0 Å². The summed E-state index contributed by atoms with van der Waals surface area (Å²) in [5.74, 6) is 0. The molecule has 4 nitrogen and oxygen atoms in total. The molecular formula is C13H8N4. The number of nitrogens with one attached hydrogen (secondary N) is 1. The molecule has 0 unspecified atom stereocenters. The average Bonchev–Trinajstić information content (AvgIpc) is 2.90. The van der Waals surface area contributed by atoms with E-state index >= 15 is 0 Å². The van der Waals surface area contributed by atoms with E-state index in [1.165, 1.54) is 0 Å². The summed E-state index contributed by atoms with van der Waals surface area (Å²) >= 11 is 0. The predicted molar refractivity (Wildman–Crippen MR) is 63.2 cm³/mol. The van der Waals surface area contributed by atoms with E-state index in [4.69, 9.17) is 10.5 Å². The van der Waals surface area contributed by atoms with Crippen molar-refractivity contribution < 1.29 is 0 Å². The monoisotopic (exact) mass is 220 g/mol. The number of imidazole rings is 1. The van der Waals surface area contributed by atoms with Crippen molar-refractivity contribution >= 4 is 6.08 Å². The van der Waals surface area contributed by atoms with Crippen LogP contribution in [0.15, 0.2) is 42.4 Å². The molecule has 0 aliphatic carbocycles. The summed E-state index contributed by atoms with van der Waals surface area (Å²) in [6.45, 7) is 0. The summed E-state index contributed by atoms with van der Waals surface area (Å²) in [6, 6.07) is 11.2. The highest BCUT2D eigenvalue weighted by molar-refractivity contribution is 5.65. The van der Waals surface area contributed by atoms with E-state index in [9.17, 15) is 0 Å². The van der Waals surface area contributed by atoms with Gasteiger partial charge in [0, 0.05) is 0 Å². The molecule has 4 heteroatoms. The van der Waals surface area contributed by atoms with Gasteiger partial charge >= 0.3 is 0 Å². The largest absolute Gasteiger partial charge is 0.345 e. The first-order chi connectivity index (χ1) is 8.33. The molecule has 0 bridgehead atoms. The third kappa shape index (κ3) is 2.39. The van der Waals surface area contributed by atoms with Crippen LogP contribution in [0.25, 0.3) is 17.3 Å². The molecule has 1 aromatic carbocycles. The first-order valence-corrected chi connectivity index (χ1v) is 4.94. The van der Waals surface area contributed by atoms with Crippen LogP contribution in [0.5, 0.6) is 0 Å². The summed E-state index contributed by atoms with van der Waals surface area (Å²) < 4.78 is 0. The van der Waals surface area contributed by atoms with Gasteiger partial charge in [-0.05, 0) is 17.2 Å². The van der Waals surface area contributed by atoms with Crippen molar-refractivity contribution in [1.82, 2.24) is 9.97 Å². The number of aromatic amines is 1. The fourth-order valence-corrected chi connectivity index (χ4v) is 1.43. The lowest BCUT2D eigenvalue weighted by atomic mass is 10.1. The van der Waals surface area contributed by atoms with Crippen LogP contribution in [0.2, 0.25) is 0 Å². The van der Waals surface area contributed by atoms with Gasteiger partial charge in [0.15, 0.2) is 0 Å². The minimum Gasteiger partial charge on any atom is -0.345 e. The predicted octanol–water partition coefficient (Wildman–Crippen LogP) is 2.51. The van der Waals surface area contributed by atoms with Gasteiger partial charge in [-0.1, -0.05) is 24.3 Å². The highest BCUT2D eigenvalue weighted by atomic mass is 14.9. The van der Waals surface area contributed by atoms with Crippen molar-refractivity contribution in [2.45, 2.75) is 0 Å². The van der Waals surface area contributed by atoms with Crippen LogP contribution < -0.4 is 0 Å². The molecule has 2 rings (SSSR count). The first kappa shape index (κ1) is 10.7. The number of aromatic nitrogens is 2. The smallest absolute Gasteiger partial charge is 0.130 e. The van der Waals surface area contributed by atoms with E-state index in [2.05, 4.69) is 9.97 Å². The normalized spacial score (nSPS) is 9.06. The molecule has 0 saturated heterocycles. The van der Waals surface area contributed by atoms with Crippen LogP contribution in [0.4, 0.5) is 0 Å². The van der Waals surface area contributed by atoms with Crippen LogP contribution in [-0.2, 0) is 0 Å². The SMILES string of the molecule is N#CC(C#N)=Cc1ccc(-c2cnc[nH]2)cc1. The highest BCUT2D eigenvalue weighted by Crippen LogP contribution is 2.17. The summed E-state index contributed by atoms with van der Waals surface area (Å²) in [5.41, 5.74) is 2.86. The molecule has 0 aliphatic heterocycles. The molecule has 80 valence electrons. The molecule has 1 aromatic heterocycles. The summed E-state index contributed by atoms with van der Waals surface area (Å²) in [5, 5.41) is 17.3. The number of rotatable bonds is 2. The molecular weight excluding hydrogens is 212 g/mol. The van der Waals surface area contributed by atoms with Gasteiger partial charge < -0.3 is 4.98 Å². The lowest BCUT2D eigenvalue weighted by Gasteiger charge is -1.98. The Hall–Kier alpha value is -2.85. The van der Waals surface area contributed by atoms with E-state index in [-0.39, 0.29) is 5.57 Å². The molecule has 1 N–H and O–H groups in total. The molecule has 0 amide bonds. The van der Waals surface area contributed by atoms with Gasteiger partial charge in [-0.2, -0.15) is 10.5 Å². The van der Waals surface area contributed by atoms with Crippen molar-refractivity contribution in [1.29, 1.82) is 10.5 Å². The molecule has 1 heterocycles. The Labute approximate surface area is 98.5 Å². The maximum atomic E-state index is 8.64. The minimum absolute atomic E-state index is 0.0966. The number of allylic oxidation sites excluding steroid dienone is 1. The van der Waals surface area contributed by atoms with Gasteiger partial charge in [0.2, 0.25) is 0 Å². The summed E-state index contributed by atoms with van der Waals surface area (Å²) in [7, 11) is 0. The fraction of sp³-hybridized carbons (Fsp3) is 0. The standard InChI is InChI=1S/C13H8N4/c14-6-11(7-15)5-10-1-3-12(4-2-10)13-8-16-9-17-13/h1-5,8-9H,(H,16,17). The number of benzene rings is 1. The molecule has 0 aliphatic rings. The quantitative estimate of drug-likeness (QED) is 0.790. The highest BCUT2D eigenvalue weighted by Gasteiger charge is 1.98. The van der Waals surface area contributed by atoms with E-state index in [1.807, 2.05) is 36.4 Å². The Kier molecular flexibility index (Phi) is 3.00. The maximum Gasteiger partial charge on any atom is 0.130 e. The second-order valence-corrected chi connectivity index (χ2v) is 3.37. The van der Waals surface area contributed by atoms with Crippen molar-refractivity contribution in [3.63, 3.8) is 0 Å². The zero-order valence-corrected chi connectivity index (χ0v) is 8.88. The van der Waals surface area contributed by atoms with Gasteiger partial charge in [-0.3, -0.25) is 0 Å². The Morgan fingerprint density at radius 1 is 1.18 bits per heavy atom. The Balaban J connectivity index is 2.29. The lowest BCUT2D eigenvalue weighted by molar-refractivity contribution is 1.31. The molecule has 0 atom stereocenters. The topological polar surface area (TPSA) is 76.3 Å².